The molecular weight excluding hydrogens is 323 g/mol. The van der Waals surface area contributed by atoms with Crippen molar-refractivity contribution in [3.8, 4) is 0 Å². The minimum absolute atomic E-state index is 0.0168. The number of hydrogen-bond donors (Lipinski definition) is 2. The van der Waals surface area contributed by atoms with Gasteiger partial charge in [-0.3, -0.25) is 0 Å². The Balaban J connectivity index is 2.12. The quantitative estimate of drug-likeness (QED) is 0.808. The Hall–Kier alpha value is -0.530. The van der Waals surface area contributed by atoms with Crippen LogP contribution in [0.1, 0.15) is 19.8 Å². The molecule has 0 saturated heterocycles. The van der Waals surface area contributed by atoms with Gasteiger partial charge in [-0.15, -0.1) is 0 Å². The SMILES string of the molecule is CCOC1CC(NS(=O)(=O)c2c(Cl)cc(N)cc2Cl)C1. The number of ether oxygens (including phenoxy) is 1. The fraction of sp³-hybridized carbons (Fsp3) is 0.500. The molecule has 0 aliphatic heterocycles. The molecule has 0 atom stereocenters. The molecule has 2 rings (SSSR count). The van der Waals surface area contributed by atoms with E-state index in [1.807, 2.05) is 6.92 Å². The summed E-state index contributed by atoms with van der Waals surface area (Å²) >= 11 is 11.9. The fourth-order valence-electron chi connectivity index (χ4n) is 2.15. The molecule has 1 fully saturated rings. The van der Waals surface area contributed by atoms with Crippen LogP contribution in [0.4, 0.5) is 5.69 Å². The lowest BCUT2D eigenvalue weighted by Gasteiger charge is -2.35. The number of nitrogens with one attached hydrogen (secondary N) is 1. The van der Waals surface area contributed by atoms with Gasteiger partial charge in [0, 0.05) is 18.3 Å². The highest BCUT2D eigenvalue weighted by atomic mass is 35.5. The smallest absolute Gasteiger partial charge is 0.243 e. The summed E-state index contributed by atoms with van der Waals surface area (Å²) in [6, 6.07) is 2.58. The summed E-state index contributed by atoms with van der Waals surface area (Å²) in [6.45, 7) is 2.53. The number of anilines is 1. The van der Waals surface area contributed by atoms with Crippen LogP contribution >= 0.6 is 23.2 Å². The van der Waals surface area contributed by atoms with Crippen LogP contribution in [-0.4, -0.2) is 27.2 Å². The first-order valence-corrected chi connectivity index (χ1v) is 8.46. The van der Waals surface area contributed by atoms with Gasteiger partial charge >= 0.3 is 0 Å². The fourth-order valence-corrected chi connectivity index (χ4v) is 4.64. The monoisotopic (exact) mass is 338 g/mol. The molecule has 3 N–H and O–H groups in total. The molecule has 1 saturated carbocycles. The molecule has 0 amide bonds. The van der Waals surface area contributed by atoms with Crippen LogP contribution in [0.25, 0.3) is 0 Å². The van der Waals surface area contributed by atoms with E-state index in [-0.39, 0.29) is 27.1 Å². The van der Waals surface area contributed by atoms with Gasteiger partial charge in [0.2, 0.25) is 10.0 Å². The van der Waals surface area contributed by atoms with Gasteiger partial charge in [-0.25, -0.2) is 13.1 Å². The molecule has 1 aliphatic rings. The Kier molecular flexibility index (Phi) is 4.81. The molecule has 1 aliphatic carbocycles. The first-order chi connectivity index (χ1) is 9.33. The van der Waals surface area contributed by atoms with E-state index in [2.05, 4.69) is 4.72 Å². The molecule has 0 bridgehead atoms. The normalized spacial score (nSPS) is 22.6. The van der Waals surface area contributed by atoms with E-state index in [9.17, 15) is 8.42 Å². The summed E-state index contributed by atoms with van der Waals surface area (Å²) in [6.07, 6.45) is 1.42. The third-order valence-electron chi connectivity index (χ3n) is 3.11. The highest BCUT2D eigenvalue weighted by Crippen LogP contribution is 2.33. The van der Waals surface area contributed by atoms with Gasteiger partial charge in [0.05, 0.1) is 16.1 Å². The summed E-state index contributed by atoms with van der Waals surface area (Å²) in [7, 11) is -3.76. The van der Waals surface area contributed by atoms with Crippen molar-refractivity contribution < 1.29 is 13.2 Å². The van der Waals surface area contributed by atoms with Crippen LogP contribution in [0.15, 0.2) is 17.0 Å². The summed E-state index contributed by atoms with van der Waals surface area (Å²) in [5.41, 5.74) is 5.88. The van der Waals surface area contributed by atoms with Gasteiger partial charge in [0.1, 0.15) is 4.90 Å². The Bertz CT molecular complexity index is 578. The van der Waals surface area contributed by atoms with Gasteiger partial charge < -0.3 is 10.5 Å². The lowest BCUT2D eigenvalue weighted by Crippen LogP contribution is -2.47. The van der Waals surface area contributed by atoms with E-state index in [0.717, 1.165) is 0 Å². The van der Waals surface area contributed by atoms with Gasteiger partial charge in [0.25, 0.3) is 0 Å². The molecule has 0 radical (unpaired) electrons. The van der Waals surface area contributed by atoms with Crippen molar-refractivity contribution in [2.45, 2.75) is 36.8 Å². The van der Waals surface area contributed by atoms with Gasteiger partial charge in [-0.2, -0.15) is 0 Å². The van der Waals surface area contributed by atoms with Crippen LogP contribution < -0.4 is 10.5 Å². The summed E-state index contributed by atoms with van der Waals surface area (Å²) < 4.78 is 32.6. The maximum atomic E-state index is 12.3. The van der Waals surface area contributed by atoms with Crippen LogP contribution in [0.2, 0.25) is 10.0 Å². The lowest BCUT2D eigenvalue weighted by atomic mass is 9.90. The van der Waals surface area contributed by atoms with Crippen LogP contribution in [0.3, 0.4) is 0 Å². The molecular formula is C12H16Cl2N2O3S. The molecule has 5 nitrogen and oxygen atoms in total. The second-order valence-corrected chi connectivity index (χ2v) is 7.15. The molecule has 1 aromatic rings. The van der Waals surface area contributed by atoms with Gasteiger partial charge in [0.15, 0.2) is 0 Å². The first-order valence-electron chi connectivity index (χ1n) is 6.22. The number of sulfonamides is 1. The number of rotatable bonds is 5. The predicted molar refractivity (Wildman–Crippen MR) is 79.6 cm³/mol. The predicted octanol–water partition coefficient (Wildman–Crippen LogP) is 2.42. The van der Waals surface area contributed by atoms with Crippen molar-refractivity contribution >= 4 is 38.9 Å². The number of hydrogen-bond acceptors (Lipinski definition) is 4. The van der Waals surface area contributed by atoms with E-state index < -0.39 is 10.0 Å². The second kappa shape index (κ2) is 6.07. The number of nitrogen functional groups attached to an aromatic ring is 1. The van der Waals surface area contributed by atoms with Crippen molar-refractivity contribution in [2.24, 2.45) is 0 Å². The van der Waals surface area contributed by atoms with Crippen molar-refractivity contribution in [1.29, 1.82) is 0 Å². The molecule has 0 spiro atoms. The molecule has 1 aromatic carbocycles. The Labute approximate surface area is 128 Å². The lowest BCUT2D eigenvalue weighted by molar-refractivity contribution is -0.00475. The number of nitrogens with two attached hydrogens (primary N) is 1. The van der Waals surface area contributed by atoms with Crippen LogP contribution in [-0.2, 0) is 14.8 Å². The summed E-state index contributed by atoms with van der Waals surface area (Å²) in [5.74, 6) is 0. The standard InChI is InChI=1S/C12H16Cl2N2O3S/c1-2-19-9-5-8(6-9)16-20(17,18)12-10(13)3-7(15)4-11(12)14/h3-4,8-9,16H,2,5-6,15H2,1H3. The molecule has 0 unspecified atom stereocenters. The third-order valence-corrected chi connectivity index (χ3v) is 5.55. The number of benzene rings is 1. The molecule has 0 heterocycles. The topological polar surface area (TPSA) is 81.4 Å². The minimum atomic E-state index is -3.76. The maximum Gasteiger partial charge on any atom is 0.243 e. The average molecular weight is 339 g/mol. The average Bonchev–Trinajstić information content (AvgIpc) is 2.23. The van der Waals surface area contributed by atoms with E-state index in [4.69, 9.17) is 33.7 Å². The highest BCUT2D eigenvalue weighted by molar-refractivity contribution is 7.89. The minimum Gasteiger partial charge on any atom is -0.399 e. The maximum absolute atomic E-state index is 12.3. The van der Waals surface area contributed by atoms with E-state index >= 15 is 0 Å². The van der Waals surface area contributed by atoms with E-state index in [1.54, 1.807) is 0 Å². The largest absolute Gasteiger partial charge is 0.399 e. The Morgan fingerprint density at radius 2 is 1.90 bits per heavy atom. The zero-order valence-electron chi connectivity index (χ0n) is 10.9. The first kappa shape index (κ1) is 15.9. The molecule has 0 aromatic heterocycles. The summed E-state index contributed by atoms with van der Waals surface area (Å²) in [4.78, 5) is -0.130. The van der Waals surface area contributed by atoms with E-state index in [1.165, 1.54) is 12.1 Å². The number of halogens is 2. The van der Waals surface area contributed by atoms with Gasteiger partial charge in [-0.05, 0) is 31.9 Å². The van der Waals surface area contributed by atoms with E-state index in [0.29, 0.717) is 25.1 Å². The van der Waals surface area contributed by atoms with Gasteiger partial charge in [-0.1, -0.05) is 23.2 Å². The van der Waals surface area contributed by atoms with Crippen molar-refractivity contribution in [3.63, 3.8) is 0 Å². The van der Waals surface area contributed by atoms with Crippen molar-refractivity contribution in [2.75, 3.05) is 12.3 Å². The molecule has 112 valence electrons. The van der Waals surface area contributed by atoms with Crippen LogP contribution in [0, 0.1) is 0 Å². The third kappa shape index (κ3) is 3.38. The Morgan fingerprint density at radius 3 is 2.40 bits per heavy atom. The van der Waals surface area contributed by atoms with Crippen molar-refractivity contribution in [1.82, 2.24) is 4.72 Å². The zero-order valence-corrected chi connectivity index (χ0v) is 13.2. The summed E-state index contributed by atoms with van der Waals surface area (Å²) in [5, 5.41) is 0.0337. The Morgan fingerprint density at radius 1 is 1.35 bits per heavy atom. The highest BCUT2D eigenvalue weighted by Gasteiger charge is 2.34. The van der Waals surface area contributed by atoms with Crippen LogP contribution in [0.5, 0.6) is 0 Å². The zero-order chi connectivity index (χ0) is 14.9. The second-order valence-electron chi connectivity index (χ2n) is 4.68. The molecule has 8 heteroatoms. The molecule has 20 heavy (non-hydrogen) atoms. The van der Waals surface area contributed by atoms with Crippen molar-refractivity contribution in [3.05, 3.63) is 22.2 Å².